The molecule has 0 atom stereocenters. The molecule has 0 aromatic heterocycles. The highest BCUT2D eigenvalue weighted by Crippen LogP contribution is 2.23. The molecule has 16 heavy (non-hydrogen) atoms. The Balaban J connectivity index is 2.66. The molecule has 0 unspecified atom stereocenters. The molecule has 0 aliphatic rings. The van der Waals surface area contributed by atoms with Crippen molar-refractivity contribution in [1.29, 1.82) is 0 Å². The lowest BCUT2D eigenvalue weighted by Crippen LogP contribution is -2.30. The van der Waals surface area contributed by atoms with Gasteiger partial charge in [-0.1, -0.05) is 11.6 Å². The molecule has 0 bridgehead atoms. The number of methoxy groups -OCH3 is 1. The zero-order chi connectivity index (χ0) is 12.1. The molecular weight excluding hydrogens is 234 g/mol. The first-order valence-corrected chi connectivity index (χ1v) is 4.76. The number of halogens is 1. The Hall–Kier alpha value is -1.75. The fraction of sp³-hybridized carbons (Fsp3) is 0.200. The number of ether oxygens (including phenoxy) is 1. The summed E-state index contributed by atoms with van der Waals surface area (Å²) in [6.07, 6.45) is 0. The highest BCUT2D eigenvalue weighted by atomic mass is 35.5. The number of hydrogen-bond donors (Lipinski definition) is 2. The summed E-state index contributed by atoms with van der Waals surface area (Å²) in [5.74, 6) is -1.11. The van der Waals surface area contributed by atoms with Crippen LogP contribution in [0.15, 0.2) is 18.2 Å². The first-order valence-electron chi connectivity index (χ1n) is 4.38. The van der Waals surface area contributed by atoms with Gasteiger partial charge in [-0.05, 0) is 18.2 Å². The highest BCUT2D eigenvalue weighted by Gasteiger charge is 2.09. The monoisotopic (exact) mass is 243 g/mol. The Kier molecular flexibility index (Phi) is 4.13. The van der Waals surface area contributed by atoms with Gasteiger partial charge in [0.05, 0.1) is 12.1 Å². The molecule has 1 aromatic rings. The van der Waals surface area contributed by atoms with E-state index in [1.165, 1.54) is 25.3 Å². The van der Waals surface area contributed by atoms with E-state index in [9.17, 15) is 9.59 Å². The van der Waals surface area contributed by atoms with E-state index in [0.29, 0.717) is 0 Å². The van der Waals surface area contributed by atoms with Gasteiger partial charge in [0.25, 0.3) is 5.91 Å². The quantitative estimate of drug-likeness (QED) is 0.775. The second-order valence-electron chi connectivity index (χ2n) is 2.93. The number of carbonyl (C=O) groups excluding carboxylic acids is 2. The number of phenols is 1. The van der Waals surface area contributed by atoms with Crippen LogP contribution in [0, 0.1) is 0 Å². The summed E-state index contributed by atoms with van der Waals surface area (Å²) in [4.78, 5) is 22.2. The third kappa shape index (κ3) is 3.13. The second kappa shape index (κ2) is 5.37. The molecule has 0 spiro atoms. The standard InChI is InChI=1S/C10H10ClNO4/c1-16-9(14)5-12-10(15)6-2-3-8(13)7(11)4-6/h2-4,13H,5H2,1H3,(H,12,15). The fourth-order valence-electron chi connectivity index (χ4n) is 0.975. The predicted octanol–water partition coefficient (Wildman–Crippen LogP) is 0.948. The predicted molar refractivity (Wildman–Crippen MR) is 57.5 cm³/mol. The van der Waals surface area contributed by atoms with Crippen LogP contribution >= 0.6 is 11.6 Å². The molecule has 0 heterocycles. The van der Waals surface area contributed by atoms with Crippen molar-refractivity contribution in [3.8, 4) is 5.75 Å². The van der Waals surface area contributed by atoms with Gasteiger partial charge in [-0.3, -0.25) is 9.59 Å². The Morgan fingerprint density at radius 3 is 2.75 bits per heavy atom. The zero-order valence-electron chi connectivity index (χ0n) is 8.49. The number of rotatable bonds is 3. The smallest absolute Gasteiger partial charge is 0.325 e. The average molecular weight is 244 g/mol. The van der Waals surface area contributed by atoms with Crippen LogP contribution in [0.2, 0.25) is 5.02 Å². The van der Waals surface area contributed by atoms with E-state index < -0.39 is 11.9 Å². The van der Waals surface area contributed by atoms with E-state index in [1.54, 1.807) is 0 Å². The third-order valence-corrected chi connectivity index (χ3v) is 2.13. The zero-order valence-corrected chi connectivity index (χ0v) is 9.25. The van der Waals surface area contributed by atoms with Gasteiger partial charge < -0.3 is 15.2 Å². The fourth-order valence-corrected chi connectivity index (χ4v) is 1.16. The third-order valence-electron chi connectivity index (χ3n) is 1.83. The van der Waals surface area contributed by atoms with Gasteiger partial charge in [-0.2, -0.15) is 0 Å². The molecule has 0 saturated heterocycles. The van der Waals surface area contributed by atoms with Crippen molar-refractivity contribution in [2.45, 2.75) is 0 Å². The summed E-state index contributed by atoms with van der Waals surface area (Å²) in [5, 5.41) is 11.6. The van der Waals surface area contributed by atoms with Crippen LogP contribution in [0.4, 0.5) is 0 Å². The summed E-state index contributed by atoms with van der Waals surface area (Å²) in [5.41, 5.74) is 0.256. The molecule has 1 amide bonds. The number of nitrogens with one attached hydrogen (secondary N) is 1. The van der Waals surface area contributed by atoms with Crippen molar-refractivity contribution in [3.05, 3.63) is 28.8 Å². The van der Waals surface area contributed by atoms with Crippen LogP contribution in [-0.2, 0) is 9.53 Å². The van der Waals surface area contributed by atoms with Crippen molar-refractivity contribution in [2.24, 2.45) is 0 Å². The molecule has 0 radical (unpaired) electrons. The average Bonchev–Trinajstić information content (AvgIpc) is 2.29. The van der Waals surface area contributed by atoms with Crippen LogP contribution in [-0.4, -0.2) is 30.6 Å². The minimum absolute atomic E-state index is 0.0747. The van der Waals surface area contributed by atoms with Crippen LogP contribution < -0.4 is 5.32 Å². The minimum Gasteiger partial charge on any atom is -0.506 e. The second-order valence-corrected chi connectivity index (χ2v) is 3.33. The van der Waals surface area contributed by atoms with E-state index in [2.05, 4.69) is 10.1 Å². The van der Waals surface area contributed by atoms with Crippen molar-refractivity contribution in [1.82, 2.24) is 5.32 Å². The summed E-state index contributed by atoms with van der Waals surface area (Å²) < 4.78 is 4.36. The van der Waals surface area contributed by atoms with E-state index in [4.69, 9.17) is 16.7 Å². The van der Waals surface area contributed by atoms with Gasteiger partial charge >= 0.3 is 5.97 Å². The topological polar surface area (TPSA) is 75.6 Å². The molecule has 0 aliphatic heterocycles. The van der Waals surface area contributed by atoms with Gasteiger partial charge in [0, 0.05) is 5.56 Å². The Bertz CT molecular complexity index is 419. The number of benzene rings is 1. The van der Waals surface area contributed by atoms with Crippen LogP contribution in [0.3, 0.4) is 0 Å². The number of aromatic hydroxyl groups is 1. The number of carbonyl (C=O) groups is 2. The highest BCUT2D eigenvalue weighted by molar-refractivity contribution is 6.32. The van der Waals surface area contributed by atoms with Gasteiger partial charge in [0.2, 0.25) is 0 Å². The maximum absolute atomic E-state index is 11.5. The largest absolute Gasteiger partial charge is 0.506 e. The van der Waals surface area contributed by atoms with Gasteiger partial charge in [-0.25, -0.2) is 0 Å². The van der Waals surface area contributed by atoms with Gasteiger partial charge in [0.1, 0.15) is 12.3 Å². The van der Waals surface area contributed by atoms with Crippen molar-refractivity contribution in [3.63, 3.8) is 0 Å². The summed E-state index contributed by atoms with van der Waals surface area (Å²) >= 11 is 5.63. The number of phenolic OH excluding ortho intramolecular Hbond substituents is 1. The van der Waals surface area contributed by atoms with E-state index in [0.717, 1.165) is 0 Å². The maximum Gasteiger partial charge on any atom is 0.325 e. The van der Waals surface area contributed by atoms with E-state index in [1.807, 2.05) is 0 Å². The maximum atomic E-state index is 11.5. The molecule has 0 fully saturated rings. The molecule has 86 valence electrons. The number of hydrogen-bond acceptors (Lipinski definition) is 4. The molecule has 1 rings (SSSR count). The lowest BCUT2D eigenvalue weighted by atomic mass is 10.2. The van der Waals surface area contributed by atoms with Crippen molar-refractivity contribution < 1.29 is 19.4 Å². The SMILES string of the molecule is COC(=O)CNC(=O)c1ccc(O)c(Cl)c1. The minimum atomic E-state index is -0.543. The van der Waals surface area contributed by atoms with Crippen LogP contribution in [0.5, 0.6) is 5.75 Å². The van der Waals surface area contributed by atoms with E-state index >= 15 is 0 Å². The molecule has 0 saturated carbocycles. The molecule has 1 aromatic carbocycles. The normalized spacial score (nSPS) is 9.62. The Morgan fingerprint density at radius 1 is 1.50 bits per heavy atom. The molecule has 0 aliphatic carbocycles. The lowest BCUT2D eigenvalue weighted by Gasteiger charge is -2.04. The molecule has 2 N–H and O–H groups in total. The van der Waals surface area contributed by atoms with Crippen molar-refractivity contribution in [2.75, 3.05) is 13.7 Å². The summed E-state index contributed by atoms with van der Waals surface area (Å²) in [6, 6.07) is 4.01. The van der Waals surface area contributed by atoms with Gasteiger partial charge in [-0.15, -0.1) is 0 Å². The summed E-state index contributed by atoms with van der Waals surface area (Å²) in [6.45, 7) is -0.214. The number of amides is 1. The van der Waals surface area contributed by atoms with Gasteiger partial charge in [0.15, 0.2) is 0 Å². The van der Waals surface area contributed by atoms with Crippen LogP contribution in [0.25, 0.3) is 0 Å². The Morgan fingerprint density at radius 2 is 2.19 bits per heavy atom. The number of esters is 1. The van der Waals surface area contributed by atoms with Crippen molar-refractivity contribution >= 4 is 23.5 Å². The first kappa shape index (κ1) is 12.3. The first-order chi connectivity index (χ1) is 7.54. The van der Waals surface area contributed by atoms with E-state index in [-0.39, 0.29) is 22.9 Å². The Labute approximate surface area is 97.0 Å². The summed E-state index contributed by atoms with van der Waals surface area (Å²) in [7, 11) is 1.23. The van der Waals surface area contributed by atoms with Crippen LogP contribution in [0.1, 0.15) is 10.4 Å². The molecular formula is C10H10ClNO4. The lowest BCUT2D eigenvalue weighted by molar-refractivity contribution is -0.139. The molecule has 6 heteroatoms. The molecule has 5 nitrogen and oxygen atoms in total.